The smallest absolute Gasteiger partial charge is 0.230 e. The quantitative estimate of drug-likeness (QED) is 0.631. The number of hydrogen-bond acceptors (Lipinski definition) is 4. The fourth-order valence-corrected chi connectivity index (χ4v) is 1.57. The van der Waals surface area contributed by atoms with Crippen LogP contribution in [0, 0.1) is 0 Å². The van der Waals surface area contributed by atoms with Crippen molar-refractivity contribution in [2.75, 3.05) is 32.1 Å². The summed E-state index contributed by atoms with van der Waals surface area (Å²) >= 11 is 1.64. The minimum absolute atomic E-state index is 0.0502. The Kier molecular flexibility index (Phi) is 8.70. The van der Waals surface area contributed by atoms with E-state index in [0.29, 0.717) is 25.5 Å². The Morgan fingerprint density at radius 1 is 1.38 bits per heavy atom. The molecular weight excluding hydrogens is 226 g/mol. The number of aliphatic hydroxyl groups excluding tert-OH is 1. The highest BCUT2D eigenvalue weighted by atomic mass is 32.2. The van der Waals surface area contributed by atoms with E-state index in [9.17, 15) is 4.79 Å². The molecule has 5 heteroatoms. The van der Waals surface area contributed by atoms with E-state index in [4.69, 9.17) is 9.84 Å². The van der Waals surface area contributed by atoms with Gasteiger partial charge in [0.1, 0.15) is 0 Å². The van der Waals surface area contributed by atoms with Crippen LogP contribution in [-0.4, -0.2) is 47.9 Å². The molecule has 0 spiro atoms. The molecular formula is C11H23NO3S. The number of thioether (sulfide) groups is 1. The number of carbonyl (C=O) groups is 1. The molecule has 0 fully saturated rings. The highest BCUT2D eigenvalue weighted by molar-refractivity contribution is 8.01. The molecule has 0 unspecified atom stereocenters. The summed E-state index contributed by atoms with van der Waals surface area (Å²) in [5.41, 5.74) is 0. The topological polar surface area (TPSA) is 58.6 Å². The fourth-order valence-electron chi connectivity index (χ4n) is 0.902. The molecule has 16 heavy (non-hydrogen) atoms. The van der Waals surface area contributed by atoms with Gasteiger partial charge >= 0.3 is 0 Å². The first-order valence-electron chi connectivity index (χ1n) is 5.55. The second-order valence-corrected chi connectivity index (χ2v) is 6.24. The van der Waals surface area contributed by atoms with Crippen molar-refractivity contribution >= 4 is 17.7 Å². The van der Waals surface area contributed by atoms with Crippen molar-refractivity contribution < 1.29 is 14.6 Å². The first-order chi connectivity index (χ1) is 7.45. The number of ether oxygens (including phenoxy) is 1. The lowest BCUT2D eigenvalue weighted by molar-refractivity contribution is -0.118. The lowest BCUT2D eigenvalue weighted by atomic mass is 10.3. The second-order valence-electron chi connectivity index (χ2n) is 4.44. The number of hydrogen-bond donors (Lipinski definition) is 2. The number of rotatable bonds is 8. The van der Waals surface area contributed by atoms with E-state index >= 15 is 0 Å². The normalized spacial score (nSPS) is 11.5. The zero-order valence-corrected chi connectivity index (χ0v) is 11.2. The summed E-state index contributed by atoms with van der Waals surface area (Å²) in [6, 6.07) is 0. The Hall–Kier alpha value is -0.260. The third kappa shape index (κ3) is 11.8. The molecule has 0 aliphatic heterocycles. The van der Waals surface area contributed by atoms with Crippen LogP contribution in [0.3, 0.4) is 0 Å². The standard InChI is InChI=1S/C11H23NO3S/c1-11(2,3)16-9-10(14)12-5-4-7-15-8-6-13/h13H,4-9H2,1-3H3,(H,12,14). The predicted octanol–water partition coefficient (Wildman–Crippen LogP) is 1.03. The van der Waals surface area contributed by atoms with Crippen LogP contribution in [0.1, 0.15) is 27.2 Å². The van der Waals surface area contributed by atoms with Crippen LogP contribution < -0.4 is 5.32 Å². The maximum absolute atomic E-state index is 11.4. The Morgan fingerprint density at radius 2 is 2.06 bits per heavy atom. The average molecular weight is 249 g/mol. The molecule has 0 heterocycles. The largest absolute Gasteiger partial charge is 0.394 e. The van der Waals surface area contributed by atoms with Crippen LogP contribution in [0.4, 0.5) is 0 Å². The van der Waals surface area contributed by atoms with Crippen LogP contribution in [0.2, 0.25) is 0 Å². The summed E-state index contributed by atoms with van der Waals surface area (Å²) in [5.74, 6) is 0.572. The van der Waals surface area contributed by atoms with Gasteiger partial charge in [0, 0.05) is 17.9 Å². The molecule has 2 N–H and O–H groups in total. The molecule has 0 rings (SSSR count). The van der Waals surface area contributed by atoms with E-state index in [2.05, 4.69) is 26.1 Å². The molecule has 0 aromatic carbocycles. The van der Waals surface area contributed by atoms with Gasteiger partial charge < -0.3 is 15.2 Å². The maximum Gasteiger partial charge on any atom is 0.230 e. The van der Waals surface area contributed by atoms with Gasteiger partial charge in [-0.25, -0.2) is 0 Å². The molecule has 0 aliphatic rings. The van der Waals surface area contributed by atoms with E-state index < -0.39 is 0 Å². The van der Waals surface area contributed by atoms with Crippen LogP contribution >= 0.6 is 11.8 Å². The van der Waals surface area contributed by atoms with Crippen molar-refractivity contribution in [3.63, 3.8) is 0 Å². The molecule has 0 aromatic heterocycles. The van der Waals surface area contributed by atoms with Crippen molar-refractivity contribution in [1.82, 2.24) is 5.32 Å². The average Bonchev–Trinajstić information content (AvgIpc) is 2.19. The summed E-state index contributed by atoms with van der Waals surface area (Å²) < 4.78 is 5.20. The van der Waals surface area contributed by atoms with Gasteiger partial charge in [-0.05, 0) is 6.42 Å². The minimum atomic E-state index is 0.0502. The van der Waals surface area contributed by atoms with Crippen molar-refractivity contribution in [3.8, 4) is 0 Å². The molecule has 0 bridgehead atoms. The summed E-state index contributed by atoms with van der Waals surface area (Å²) in [5, 5.41) is 11.3. The number of nitrogens with one attached hydrogen (secondary N) is 1. The number of amides is 1. The van der Waals surface area contributed by atoms with E-state index in [1.807, 2.05) is 0 Å². The molecule has 0 saturated carbocycles. The van der Waals surface area contributed by atoms with Crippen molar-refractivity contribution in [1.29, 1.82) is 0 Å². The molecule has 96 valence electrons. The van der Waals surface area contributed by atoms with Gasteiger partial charge in [-0.2, -0.15) is 0 Å². The monoisotopic (exact) mass is 249 g/mol. The summed E-state index contributed by atoms with van der Waals surface area (Å²) in [6.45, 7) is 7.90. The molecule has 4 nitrogen and oxygen atoms in total. The van der Waals surface area contributed by atoms with Crippen LogP contribution in [-0.2, 0) is 9.53 Å². The lowest BCUT2D eigenvalue weighted by Crippen LogP contribution is -2.28. The van der Waals surface area contributed by atoms with Gasteiger partial charge in [-0.15, -0.1) is 11.8 Å². The molecule has 0 saturated heterocycles. The van der Waals surface area contributed by atoms with Crippen molar-refractivity contribution in [2.45, 2.75) is 31.9 Å². The van der Waals surface area contributed by atoms with E-state index in [-0.39, 0.29) is 17.3 Å². The first-order valence-corrected chi connectivity index (χ1v) is 6.53. The third-order valence-electron chi connectivity index (χ3n) is 1.66. The molecule has 0 atom stereocenters. The Labute approximate surface area is 102 Å². The zero-order chi connectivity index (χ0) is 12.4. The van der Waals surface area contributed by atoms with Crippen LogP contribution in [0.25, 0.3) is 0 Å². The zero-order valence-electron chi connectivity index (χ0n) is 10.4. The van der Waals surface area contributed by atoms with Gasteiger partial charge in [0.2, 0.25) is 5.91 Å². The first kappa shape index (κ1) is 15.7. The van der Waals surface area contributed by atoms with E-state index in [1.54, 1.807) is 11.8 Å². The van der Waals surface area contributed by atoms with E-state index in [1.165, 1.54) is 0 Å². The van der Waals surface area contributed by atoms with Gasteiger partial charge in [0.15, 0.2) is 0 Å². The number of aliphatic hydroxyl groups is 1. The van der Waals surface area contributed by atoms with Gasteiger partial charge in [-0.3, -0.25) is 4.79 Å². The fraction of sp³-hybridized carbons (Fsp3) is 0.909. The molecule has 0 radical (unpaired) electrons. The highest BCUT2D eigenvalue weighted by Gasteiger charge is 2.12. The Morgan fingerprint density at radius 3 is 2.62 bits per heavy atom. The van der Waals surface area contributed by atoms with Gasteiger partial charge in [-0.1, -0.05) is 20.8 Å². The van der Waals surface area contributed by atoms with Crippen LogP contribution in [0.15, 0.2) is 0 Å². The van der Waals surface area contributed by atoms with Gasteiger partial charge in [0.05, 0.1) is 19.0 Å². The Balaban J connectivity index is 3.31. The SMILES string of the molecule is CC(C)(C)SCC(=O)NCCCOCCO. The second kappa shape index (κ2) is 8.84. The molecule has 1 amide bonds. The summed E-state index contributed by atoms with van der Waals surface area (Å²) in [4.78, 5) is 11.4. The molecule has 0 aliphatic carbocycles. The van der Waals surface area contributed by atoms with Crippen molar-refractivity contribution in [3.05, 3.63) is 0 Å². The summed E-state index contributed by atoms with van der Waals surface area (Å²) in [7, 11) is 0. The maximum atomic E-state index is 11.4. The molecule has 0 aromatic rings. The minimum Gasteiger partial charge on any atom is -0.394 e. The summed E-state index contributed by atoms with van der Waals surface area (Å²) in [6.07, 6.45) is 0.784. The number of carbonyl (C=O) groups excluding carboxylic acids is 1. The predicted molar refractivity (Wildman–Crippen MR) is 67.7 cm³/mol. The lowest BCUT2D eigenvalue weighted by Gasteiger charge is -2.16. The van der Waals surface area contributed by atoms with Crippen molar-refractivity contribution in [2.24, 2.45) is 0 Å². The van der Waals surface area contributed by atoms with Gasteiger partial charge in [0.25, 0.3) is 0 Å². The van der Waals surface area contributed by atoms with E-state index in [0.717, 1.165) is 6.42 Å². The Bertz CT molecular complexity index is 192. The van der Waals surface area contributed by atoms with Crippen LogP contribution in [0.5, 0.6) is 0 Å². The highest BCUT2D eigenvalue weighted by Crippen LogP contribution is 2.22. The third-order valence-corrected chi connectivity index (χ3v) is 2.93.